The summed E-state index contributed by atoms with van der Waals surface area (Å²) in [5.41, 5.74) is 4.71. The fourth-order valence-electron chi connectivity index (χ4n) is 5.22. The highest BCUT2D eigenvalue weighted by molar-refractivity contribution is 5.85. The summed E-state index contributed by atoms with van der Waals surface area (Å²) in [7, 11) is 1.67. The summed E-state index contributed by atoms with van der Waals surface area (Å²) >= 11 is 0. The quantitative estimate of drug-likeness (QED) is 0.604. The molecule has 2 aliphatic heterocycles. The van der Waals surface area contributed by atoms with Crippen LogP contribution >= 0.6 is 0 Å². The molecule has 35 heavy (non-hydrogen) atoms. The van der Waals surface area contributed by atoms with Gasteiger partial charge in [-0.3, -0.25) is 9.69 Å². The third-order valence-electron chi connectivity index (χ3n) is 6.99. The molecule has 0 aliphatic carbocycles. The van der Waals surface area contributed by atoms with Crippen molar-refractivity contribution in [2.45, 2.75) is 25.7 Å². The Labute approximate surface area is 206 Å². The van der Waals surface area contributed by atoms with E-state index in [-0.39, 0.29) is 5.91 Å². The first-order chi connectivity index (χ1) is 17.2. The number of methoxy groups -OCH3 is 1. The van der Waals surface area contributed by atoms with Crippen LogP contribution in [0.4, 0.5) is 0 Å². The number of fused-ring (bicyclic) bond motifs is 5. The molecule has 1 amide bonds. The Morgan fingerprint density at radius 1 is 1.17 bits per heavy atom. The van der Waals surface area contributed by atoms with E-state index in [0.717, 1.165) is 74.6 Å². The number of aromatic nitrogens is 1. The van der Waals surface area contributed by atoms with Crippen LogP contribution in [0.2, 0.25) is 0 Å². The van der Waals surface area contributed by atoms with Crippen molar-refractivity contribution in [1.29, 1.82) is 0 Å². The SMILES string of the molecule is COc1ccc2cc1OCCCN(CC1CCOC1)CC(=O)NCCc1c([nH]c3ccccc13)C2. The molecule has 7 nitrogen and oxygen atoms in total. The topological polar surface area (TPSA) is 75.8 Å². The molecule has 1 aromatic heterocycles. The Hall–Kier alpha value is -3.03. The first kappa shape index (κ1) is 23.7. The average molecular weight is 478 g/mol. The number of H-pyrrole nitrogens is 1. The molecule has 0 radical (unpaired) electrons. The van der Waals surface area contributed by atoms with E-state index in [4.69, 9.17) is 14.2 Å². The molecule has 1 unspecified atom stereocenters. The second-order valence-corrected chi connectivity index (χ2v) is 9.56. The predicted octanol–water partition coefficient (Wildman–Crippen LogP) is 3.55. The maximum absolute atomic E-state index is 12.8. The van der Waals surface area contributed by atoms with Crippen molar-refractivity contribution in [3.05, 3.63) is 59.3 Å². The van der Waals surface area contributed by atoms with Gasteiger partial charge in [0.05, 0.1) is 26.9 Å². The number of nitrogens with one attached hydrogen (secondary N) is 2. The van der Waals surface area contributed by atoms with E-state index < -0.39 is 0 Å². The number of hydrogen-bond acceptors (Lipinski definition) is 5. The Kier molecular flexibility index (Phi) is 7.54. The molecule has 1 atom stereocenters. The molecule has 1 fully saturated rings. The number of para-hydroxylation sites is 1. The highest BCUT2D eigenvalue weighted by Crippen LogP contribution is 2.31. The fraction of sp³-hybridized carbons (Fsp3) is 0.464. The summed E-state index contributed by atoms with van der Waals surface area (Å²) in [6.07, 6.45) is 3.43. The van der Waals surface area contributed by atoms with E-state index in [1.165, 1.54) is 16.6 Å². The van der Waals surface area contributed by atoms with Gasteiger partial charge in [-0.15, -0.1) is 0 Å². The van der Waals surface area contributed by atoms with Crippen LogP contribution in [0.15, 0.2) is 42.5 Å². The summed E-state index contributed by atoms with van der Waals surface area (Å²) < 4.78 is 17.3. The van der Waals surface area contributed by atoms with Gasteiger partial charge in [0.2, 0.25) is 5.91 Å². The number of hydrogen-bond donors (Lipinski definition) is 2. The van der Waals surface area contributed by atoms with Gasteiger partial charge < -0.3 is 24.5 Å². The monoisotopic (exact) mass is 477 g/mol. The minimum Gasteiger partial charge on any atom is -0.493 e. The minimum absolute atomic E-state index is 0.0743. The van der Waals surface area contributed by atoms with Crippen molar-refractivity contribution in [2.75, 3.05) is 53.1 Å². The van der Waals surface area contributed by atoms with Crippen LogP contribution in [0.25, 0.3) is 10.9 Å². The highest BCUT2D eigenvalue weighted by atomic mass is 16.5. The number of carbonyl (C=O) groups excluding carboxylic acids is 1. The summed E-state index contributed by atoms with van der Waals surface area (Å²) in [5.74, 6) is 2.07. The lowest BCUT2D eigenvalue weighted by molar-refractivity contribution is -0.122. The number of ether oxygens (including phenoxy) is 3. The second-order valence-electron chi connectivity index (χ2n) is 9.56. The van der Waals surface area contributed by atoms with Gasteiger partial charge in [-0.05, 0) is 54.5 Å². The molecule has 0 saturated carbocycles. The molecule has 3 aromatic rings. The van der Waals surface area contributed by atoms with Crippen LogP contribution < -0.4 is 14.8 Å². The molecule has 2 bridgehead atoms. The molecule has 2 N–H and O–H groups in total. The largest absolute Gasteiger partial charge is 0.493 e. The van der Waals surface area contributed by atoms with Gasteiger partial charge in [-0.2, -0.15) is 0 Å². The van der Waals surface area contributed by atoms with Gasteiger partial charge in [0.1, 0.15) is 0 Å². The molecule has 186 valence electrons. The normalized spacial score (nSPS) is 20.3. The maximum atomic E-state index is 12.8. The average Bonchev–Trinajstić information content (AvgIpc) is 3.49. The fourth-order valence-corrected chi connectivity index (χ4v) is 5.22. The van der Waals surface area contributed by atoms with Crippen LogP contribution in [0, 0.1) is 5.92 Å². The predicted molar refractivity (Wildman–Crippen MR) is 136 cm³/mol. The van der Waals surface area contributed by atoms with Gasteiger partial charge >= 0.3 is 0 Å². The van der Waals surface area contributed by atoms with Crippen molar-refractivity contribution in [3.63, 3.8) is 0 Å². The Bertz CT molecular complexity index is 1150. The first-order valence-electron chi connectivity index (χ1n) is 12.6. The van der Waals surface area contributed by atoms with Gasteiger partial charge in [0.25, 0.3) is 0 Å². The number of amides is 1. The van der Waals surface area contributed by atoms with Gasteiger partial charge in [0.15, 0.2) is 11.5 Å². The molecule has 2 aromatic carbocycles. The van der Waals surface area contributed by atoms with Crippen LogP contribution in [-0.4, -0.2) is 68.9 Å². The second kappa shape index (κ2) is 11.1. The van der Waals surface area contributed by atoms with Crippen LogP contribution in [-0.2, 0) is 22.4 Å². The number of aromatic amines is 1. The molecule has 2 aliphatic rings. The Morgan fingerprint density at radius 2 is 2.09 bits per heavy atom. The molecule has 0 spiro atoms. The van der Waals surface area contributed by atoms with E-state index in [1.54, 1.807) is 7.11 Å². The molecule has 3 heterocycles. The molecule has 1 saturated heterocycles. The summed E-state index contributed by atoms with van der Waals surface area (Å²) in [4.78, 5) is 18.7. The number of carbonyl (C=O) groups is 1. The molecule has 5 rings (SSSR count). The summed E-state index contributed by atoms with van der Waals surface area (Å²) in [5, 5.41) is 4.38. The lowest BCUT2D eigenvalue weighted by atomic mass is 10.0. The zero-order chi connectivity index (χ0) is 24.0. The number of nitrogens with zero attached hydrogens (tertiary/aromatic N) is 1. The first-order valence-corrected chi connectivity index (χ1v) is 12.6. The standard InChI is InChI=1S/C28H35N3O4/c1-33-26-8-7-20-15-25-23(22-5-2-3-6-24(22)30-25)9-11-29-28(32)18-31(17-21-10-14-34-19-21)12-4-13-35-27(26)16-20/h2-3,5-8,16,21,30H,4,9-15,17-19H2,1H3,(H,29,32). The lowest BCUT2D eigenvalue weighted by Gasteiger charge is -2.24. The van der Waals surface area contributed by atoms with Crippen molar-refractivity contribution in [3.8, 4) is 11.5 Å². The minimum atomic E-state index is 0.0743. The van der Waals surface area contributed by atoms with Gasteiger partial charge in [-0.25, -0.2) is 0 Å². The molecular weight excluding hydrogens is 442 g/mol. The Morgan fingerprint density at radius 3 is 2.94 bits per heavy atom. The zero-order valence-electron chi connectivity index (χ0n) is 20.5. The third-order valence-corrected chi connectivity index (χ3v) is 6.99. The molecule has 7 heteroatoms. The van der Waals surface area contributed by atoms with Gasteiger partial charge in [-0.1, -0.05) is 24.3 Å². The van der Waals surface area contributed by atoms with Crippen LogP contribution in [0.5, 0.6) is 11.5 Å². The van der Waals surface area contributed by atoms with E-state index in [2.05, 4.69) is 45.5 Å². The maximum Gasteiger partial charge on any atom is 0.234 e. The van der Waals surface area contributed by atoms with Crippen molar-refractivity contribution in [1.82, 2.24) is 15.2 Å². The van der Waals surface area contributed by atoms with Crippen molar-refractivity contribution in [2.24, 2.45) is 5.92 Å². The Balaban J connectivity index is 1.41. The van der Waals surface area contributed by atoms with E-state index in [0.29, 0.717) is 25.6 Å². The van der Waals surface area contributed by atoms with E-state index in [1.807, 2.05) is 12.1 Å². The summed E-state index contributed by atoms with van der Waals surface area (Å²) in [6, 6.07) is 14.6. The third kappa shape index (κ3) is 5.80. The molecular formula is C28H35N3O4. The lowest BCUT2D eigenvalue weighted by Crippen LogP contribution is -2.41. The van der Waals surface area contributed by atoms with Crippen molar-refractivity contribution >= 4 is 16.8 Å². The van der Waals surface area contributed by atoms with Crippen molar-refractivity contribution < 1.29 is 19.0 Å². The zero-order valence-corrected chi connectivity index (χ0v) is 20.5. The summed E-state index contributed by atoms with van der Waals surface area (Å²) in [6.45, 7) is 4.86. The van der Waals surface area contributed by atoms with E-state index in [9.17, 15) is 4.79 Å². The van der Waals surface area contributed by atoms with E-state index >= 15 is 0 Å². The highest BCUT2D eigenvalue weighted by Gasteiger charge is 2.21. The smallest absolute Gasteiger partial charge is 0.234 e. The van der Waals surface area contributed by atoms with Crippen LogP contribution in [0.3, 0.4) is 0 Å². The number of rotatable bonds is 3. The van der Waals surface area contributed by atoms with Crippen LogP contribution in [0.1, 0.15) is 29.7 Å². The van der Waals surface area contributed by atoms with Gasteiger partial charge in [0, 0.05) is 49.3 Å². The number of benzene rings is 2.